The zero-order valence-electron chi connectivity index (χ0n) is 13.7. The van der Waals surface area contributed by atoms with Crippen molar-refractivity contribution in [2.45, 2.75) is 26.2 Å². The Morgan fingerprint density at radius 1 is 1.12 bits per heavy atom. The number of aromatic nitrogens is 1. The van der Waals surface area contributed by atoms with Crippen molar-refractivity contribution in [2.75, 3.05) is 0 Å². The number of fused-ring (bicyclic) bond motifs is 1. The molecule has 0 aliphatic heterocycles. The van der Waals surface area contributed by atoms with E-state index in [1.54, 1.807) is 6.07 Å². The van der Waals surface area contributed by atoms with Crippen molar-refractivity contribution in [3.8, 4) is 11.3 Å². The van der Waals surface area contributed by atoms with Crippen LogP contribution in [0.2, 0.25) is 0 Å². The Labute approximate surface area is 144 Å². The van der Waals surface area contributed by atoms with E-state index in [9.17, 15) is 18.7 Å². The standard InChI is InChI=1S/C20H17F2NO2/c1-2-3-4-12-5-8-18-15(9-12)16(20(24)25)11-19(23-18)14-7-6-13(21)10-17(14)22/h5-11H,2-4H2,1H3,(H,24,25). The summed E-state index contributed by atoms with van der Waals surface area (Å²) in [5.74, 6) is -2.58. The van der Waals surface area contributed by atoms with Gasteiger partial charge in [-0.25, -0.2) is 18.6 Å². The minimum atomic E-state index is -1.11. The van der Waals surface area contributed by atoms with Gasteiger partial charge in [0.05, 0.1) is 16.8 Å². The Balaban J connectivity index is 2.18. The maximum atomic E-state index is 14.0. The highest BCUT2D eigenvalue weighted by Gasteiger charge is 2.16. The number of nitrogens with zero attached hydrogens (tertiary/aromatic N) is 1. The number of pyridine rings is 1. The molecule has 0 aliphatic carbocycles. The van der Waals surface area contributed by atoms with Gasteiger partial charge in [0, 0.05) is 17.0 Å². The summed E-state index contributed by atoms with van der Waals surface area (Å²) in [5.41, 5.74) is 1.81. The van der Waals surface area contributed by atoms with E-state index < -0.39 is 17.6 Å². The van der Waals surface area contributed by atoms with Crippen molar-refractivity contribution in [3.05, 3.63) is 65.2 Å². The highest BCUT2D eigenvalue weighted by molar-refractivity contribution is 6.04. The fraction of sp³-hybridized carbons (Fsp3) is 0.200. The van der Waals surface area contributed by atoms with Gasteiger partial charge < -0.3 is 5.11 Å². The van der Waals surface area contributed by atoms with E-state index in [1.165, 1.54) is 12.1 Å². The molecule has 3 rings (SSSR count). The van der Waals surface area contributed by atoms with Crippen LogP contribution in [0.5, 0.6) is 0 Å². The second kappa shape index (κ2) is 6.97. The molecule has 0 saturated carbocycles. The third-order valence-corrected chi connectivity index (χ3v) is 4.13. The molecule has 0 atom stereocenters. The van der Waals surface area contributed by atoms with Gasteiger partial charge in [0.1, 0.15) is 11.6 Å². The summed E-state index contributed by atoms with van der Waals surface area (Å²) in [4.78, 5) is 16.1. The van der Waals surface area contributed by atoms with Gasteiger partial charge in [0.2, 0.25) is 0 Å². The average Bonchev–Trinajstić information content (AvgIpc) is 2.58. The quantitative estimate of drug-likeness (QED) is 0.692. The van der Waals surface area contributed by atoms with Crippen LogP contribution in [-0.2, 0) is 6.42 Å². The topological polar surface area (TPSA) is 50.2 Å². The third kappa shape index (κ3) is 3.50. The molecule has 0 bridgehead atoms. The van der Waals surface area contributed by atoms with Crippen molar-refractivity contribution < 1.29 is 18.7 Å². The van der Waals surface area contributed by atoms with Gasteiger partial charge >= 0.3 is 5.97 Å². The summed E-state index contributed by atoms with van der Waals surface area (Å²) in [7, 11) is 0. The highest BCUT2D eigenvalue weighted by atomic mass is 19.1. The lowest BCUT2D eigenvalue weighted by Crippen LogP contribution is -2.02. The Morgan fingerprint density at radius 3 is 2.60 bits per heavy atom. The smallest absolute Gasteiger partial charge is 0.336 e. The molecule has 3 aromatic rings. The Bertz CT molecular complexity index is 954. The second-order valence-electron chi connectivity index (χ2n) is 5.94. The molecule has 0 saturated heterocycles. The number of carboxylic acids is 1. The first-order valence-corrected chi connectivity index (χ1v) is 8.12. The first kappa shape index (κ1) is 17.0. The lowest BCUT2D eigenvalue weighted by atomic mass is 10.00. The molecule has 0 aliphatic rings. The lowest BCUT2D eigenvalue weighted by molar-refractivity contribution is 0.0699. The van der Waals surface area contributed by atoms with Crippen LogP contribution >= 0.6 is 0 Å². The van der Waals surface area contributed by atoms with Crippen molar-refractivity contribution >= 4 is 16.9 Å². The number of halogens is 2. The maximum absolute atomic E-state index is 14.0. The second-order valence-corrected chi connectivity index (χ2v) is 5.94. The number of hydrogen-bond donors (Lipinski definition) is 1. The van der Waals surface area contributed by atoms with Gasteiger partial charge in [-0.3, -0.25) is 0 Å². The summed E-state index contributed by atoms with van der Waals surface area (Å²) in [6, 6.07) is 9.96. The third-order valence-electron chi connectivity index (χ3n) is 4.13. The number of aryl methyl sites for hydroxylation is 1. The Hall–Kier alpha value is -2.82. The monoisotopic (exact) mass is 341 g/mol. The fourth-order valence-corrected chi connectivity index (χ4v) is 2.82. The number of carbonyl (C=O) groups is 1. The summed E-state index contributed by atoms with van der Waals surface area (Å²) in [6.07, 6.45) is 2.92. The maximum Gasteiger partial charge on any atom is 0.336 e. The summed E-state index contributed by atoms with van der Waals surface area (Å²) in [6.45, 7) is 2.09. The van der Waals surface area contributed by atoms with Crippen LogP contribution in [0.1, 0.15) is 35.7 Å². The predicted octanol–water partition coefficient (Wildman–Crippen LogP) is 5.22. The minimum Gasteiger partial charge on any atom is -0.478 e. The zero-order valence-corrected chi connectivity index (χ0v) is 13.7. The van der Waals surface area contributed by atoms with Crippen LogP contribution in [0.4, 0.5) is 8.78 Å². The molecule has 1 heterocycles. The van der Waals surface area contributed by atoms with E-state index in [2.05, 4.69) is 11.9 Å². The first-order chi connectivity index (χ1) is 12.0. The predicted molar refractivity (Wildman–Crippen MR) is 92.7 cm³/mol. The molecular formula is C20H17F2NO2. The molecule has 1 N–H and O–H groups in total. The highest BCUT2D eigenvalue weighted by Crippen LogP contribution is 2.28. The van der Waals surface area contributed by atoms with Crippen molar-refractivity contribution in [1.82, 2.24) is 4.98 Å². The molecule has 0 amide bonds. The van der Waals surface area contributed by atoms with E-state index in [1.807, 2.05) is 12.1 Å². The summed E-state index contributed by atoms with van der Waals surface area (Å²) >= 11 is 0. The Morgan fingerprint density at radius 2 is 1.92 bits per heavy atom. The molecule has 0 spiro atoms. The molecule has 128 valence electrons. The van der Waals surface area contributed by atoms with E-state index in [-0.39, 0.29) is 16.8 Å². The van der Waals surface area contributed by atoms with Crippen LogP contribution in [-0.4, -0.2) is 16.1 Å². The van der Waals surface area contributed by atoms with Crippen molar-refractivity contribution in [2.24, 2.45) is 0 Å². The molecule has 0 radical (unpaired) electrons. The normalized spacial score (nSPS) is 11.0. The number of hydrogen-bond acceptors (Lipinski definition) is 2. The largest absolute Gasteiger partial charge is 0.478 e. The Kier molecular flexibility index (Phi) is 4.74. The van der Waals surface area contributed by atoms with Gasteiger partial charge in [-0.15, -0.1) is 0 Å². The molecule has 25 heavy (non-hydrogen) atoms. The fourth-order valence-electron chi connectivity index (χ4n) is 2.82. The van der Waals surface area contributed by atoms with Crippen LogP contribution < -0.4 is 0 Å². The van der Waals surface area contributed by atoms with Crippen LogP contribution in [0.25, 0.3) is 22.2 Å². The molecule has 0 fully saturated rings. The van der Waals surface area contributed by atoms with Gasteiger partial charge in [-0.1, -0.05) is 19.4 Å². The van der Waals surface area contributed by atoms with E-state index in [0.29, 0.717) is 10.9 Å². The number of rotatable bonds is 5. The van der Waals surface area contributed by atoms with E-state index in [0.717, 1.165) is 37.0 Å². The average molecular weight is 341 g/mol. The number of carboxylic acid groups (broad SMARTS) is 1. The van der Waals surface area contributed by atoms with Gasteiger partial charge in [0.25, 0.3) is 0 Å². The first-order valence-electron chi connectivity index (χ1n) is 8.12. The van der Waals surface area contributed by atoms with E-state index >= 15 is 0 Å². The number of unbranched alkanes of at least 4 members (excludes halogenated alkanes) is 1. The van der Waals surface area contributed by atoms with Crippen molar-refractivity contribution in [1.29, 1.82) is 0 Å². The number of benzene rings is 2. The lowest BCUT2D eigenvalue weighted by Gasteiger charge is -2.10. The molecule has 2 aromatic carbocycles. The van der Waals surface area contributed by atoms with Crippen LogP contribution in [0, 0.1) is 11.6 Å². The van der Waals surface area contributed by atoms with Crippen LogP contribution in [0.15, 0.2) is 42.5 Å². The van der Waals surface area contributed by atoms with Gasteiger partial charge in [0.15, 0.2) is 0 Å². The summed E-state index contributed by atoms with van der Waals surface area (Å²) < 4.78 is 27.2. The molecule has 5 heteroatoms. The molecule has 1 aromatic heterocycles. The van der Waals surface area contributed by atoms with Gasteiger partial charge in [-0.2, -0.15) is 0 Å². The SMILES string of the molecule is CCCCc1ccc2nc(-c3ccc(F)cc3F)cc(C(=O)O)c2c1. The van der Waals surface area contributed by atoms with E-state index in [4.69, 9.17) is 0 Å². The molecular weight excluding hydrogens is 324 g/mol. The molecule has 0 unspecified atom stereocenters. The zero-order chi connectivity index (χ0) is 18.0. The summed E-state index contributed by atoms with van der Waals surface area (Å²) in [5, 5.41) is 10.1. The van der Waals surface area contributed by atoms with Gasteiger partial charge in [-0.05, 0) is 48.7 Å². The molecule has 3 nitrogen and oxygen atoms in total. The van der Waals surface area contributed by atoms with Crippen LogP contribution in [0.3, 0.4) is 0 Å². The van der Waals surface area contributed by atoms with Crippen molar-refractivity contribution in [3.63, 3.8) is 0 Å². The minimum absolute atomic E-state index is 0.0575. The number of aromatic carboxylic acids is 1.